The quantitative estimate of drug-likeness (QED) is 0.190. The number of halogens is 5. The van der Waals surface area contributed by atoms with Gasteiger partial charge in [0.15, 0.2) is 0 Å². The van der Waals surface area contributed by atoms with Gasteiger partial charge < -0.3 is 4.74 Å². The fraction of sp³-hybridized carbons (Fsp3) is 0.417. The van der Waals surface area contributed by atoms with Crippen LogP contribution in [0.15, 0.2) is 22.4 Å². The molecule has 0 fully saturated rings. The first-order chi connectivity index (χ1) is 9.77. The number of rotatable bonds is 6. The molecule has 9 heteroatoms. The van der Waals surface area contributed by atoms with Crippen LogP contribution in [0.5, 0.6) is 0 Å². The summed E-state index contributed by atoms with van der Waals surface area (Å²) in [5.74, 6) is -0.913. The summed E-state index contributed by atoms with van der Waals surface area (Å²) in [5, 5.41) is 7.87. The van der Waals surface area contributed by atoms with Gasteiger partial charge in [0.25, 0.3) is 0 Å². The second-order valence-electron chi connectivity index (χ2n) is 3.95. The van der Waals surface area contributed by atoms with Crippen LogP contribution >= 0.6 is 58.0 Å². The molecule has 0 aliphatic rings. The zero-order valence-corrected chi connectivity index (χ0v) is 14.7. The summed E-state index contributed by atoms with van der Waals surface area (Å²) >= 11 is 29.1. The molecule has 0 radical (unpaired) electrons. The molecule has 4 nitrogen and oxygen atoms in total. The minimum atomic E-state index is -2.17. The fourth-order valence-corrected chi connectivity index (χ4v) is 2.26. The van der Waals surface area contributed by atoms with Gasteiger partial charge in [-0.2, -0.15) is 0 Å². The number of hydrogen-bond acceptors (Lipinski definition) is 4. The van der Waals surface area contributed by atoms with Crippen molar-refractivity contribution in [1.29, 1.82) is 0 Å². The van der Waals surface area contributed by atoms with E-state index >= 15 is 0 Å². The van der Waals surface area contributed by atoms with Crippen LogP contribution < -0.4 is 0 Å². The van der Waals surface area contributed by atoms with Crippen LogP contribution in [0.3, 0.4) is 0 Å². The van der Waals surface area contributed by atoms with E-state index in [1.54, 1.807) is 0 Å². The molecule has 0 aliphatic heterocycles. The highest BCUT2D eigenvalue weighted by Crippen LogP contribution is 2.37. The van der Waals surface area contributed by atoms with Crippen molar-refractivity contribution < 1.29 is 9.53 Å². The lowest BCUT2D eigenvalue weighted by Gasteiger charge is -2.12. The number of benzene rings is 1. The van der Waals surface area contributed by atoms with E-state index in [-0.39, 0.29) is 22.3 Å². The largest absolute Gasteiger partial charge is 0.462 e. The van der Waals surface area contributed by atoms with Gasteiger partial charge in [-0.1, -0.05) is 71.3 Å². The minimum absolute atomic E-state index is 0.106. The molecule has 0 amide bonds. The smallest absolute Gasteiger partial charge is 0.367 e. The Kier molecular flexibility index (Phi) is 7.51. The highest BCUT2D eigenvalue weighted by Gasteiger charge is 2.36. The molecule has 0 atom stereocenters. The van der Waals surface area contributed by atoms with E-state index in [2.05, 4.69) is 10.2 Å². The molecule has 0 aromatic heterocycles. The lowest BCUT2D eigenvalue weighted by Crippen LogP contribution is -2.26. The standard InChI is InChI=1S/C12H11Cl5N2O2/c1-2-3-4-21-11(20)12(16,17)19-18-10-8(14)5-7(13)6-9(10)15/h5-6H,2-4H2,1H3/b19-18+. The molecule has 0 aliphatic carbocycles. The first kappa shape index (κ1) is 18.8. The third-order valence-corrected chi connectivity index (χ3v) is 3.49. The Labute approximate surface area is 147 Å². The molecule has 0 saturated carbocycles. The maximum atomic E-state index is 11.7. The predicted molar refractivity (Wildman–Crippen MR) is 86.3 cm³/mol. The monoisotopic (exact) mass is 390 g/mol. The molecular weight excluding hydrogens is 381 g/mol. The zero-order chi connectivity index (χ0) is 16.0. The van der Waals surface area contributed by atoms with Gasteiger partial charge >= 0.3 is 10.4 Å². The number of hydrogen-bond donors (Lipinski definition) is 0. The van der Waals surface area contributed by atoms with Gasteiger partial charge in [0.2, 0.25) is 0 Å². The van der Waals surface area contributed by atoms with E-state index in [1.165, 1.54) is 12.1 Å². The first-order valence-corrected chi connectivity index (χ1v) is 7.79. The summed E-state index contributed by atoms with van der Waals surface area (Å²) in [7, 11) is 0. The van der Waals surface area contributed by atoms with Crippen molar-refractivity contribution in [1.82, 2.24) is 0 Å². The SMILES string of the molecule is CCCCOC(=O)C(Cl)(Cl)/N=N/c1c(Cl)cc(Cl)cc1Cl. The zero-order valence-electron chi connectivity index (χ0n) is 10.9. The number of alkyl halides is 2. The average molecular weight is 392 g/mol. The summed E-state index contributed by atoms with van der Waals surface area (Å²) < 4.78 is 2.70. The topological polar surface area (TPSA) is 51.0 Å². The summed E-state index contributed by atoms with van der Waals surface area (Å²) in [6.45, 7) is 2.15. The van der Waals surface area contributed by atoms with Gasteiger partial charge in [-0.25, -0.2) is 4.79 Å². The van der Waals surface area contributed by atoms with Gasteiger partial charge in [0.05, 0.1) is 16.7 Å². The first-order valence-electron chi connectivity index (χ1n) is 5.90. The van der Waals surface area contributed by atoms with E-state index < -0.39 is 10.4 Å². The Morgan fingerprint density at radius 3 is 2.33 bits per heavy atom. The lowest BCUT2D eigenvalue weighted by molar-refractivity contribution is -0.144. The number of carbonyl (C=O) groups excluding carboxylic acids is 1. The van der Waals surface area contributed by atoms with Crippen LogP contribution in [-0.2, 0) is 9.53 Å². The number of ether oxygens (including phenoxy) is 1. The van der Waals surface area contributed by atoms with Crippen LogP contribution in [0.4, 0.5) is 5.69 Å². The summed E-state index contributed by atoms with van der Waals surface area (Å²) in [5.41, 5.74) is 0.106. The summed E-state index contributed by atoms with van der Waals surface area (Å²) in [4.78, 5) is 11.7. The molecule has 0 N–H and O–H groups in total. The summed E-state index contributed by atoms with van der Waals surface area (Å²) in [6, 6.07) is 2.85. The maximum Gasteiger partial charge on any atom is 0.367 e. The molecule has 1 aromatic carbocycles. The third kappa shape index (κ3) is 5.80. The van der Waals surface area contributed by atoms with Gasteiger partial charge in [-0.3, -0.25) is 0 Å². The van der Waals surface area contributed by atoms with Crippen LogP contribution in [0.2, 0.25) is 15.1 Å². The van der Waals surface area contributed by atoms with Crippen molar-refractivity contribution in [3.05, 3.63) is 27.2 Å². The van der Waals surface area contributed by atoms with Crippen molar-refractivity contribution in [2.24, 2.45) is 10.2 Å². The normalized spacial score (nSPS) is 11.9. The van der Waals surface area contributed by atoms with E-state index in [4.69, 9.17) is 62.7 Å². The molecule has 0 saturated heterocycles. The van der Waals surface area contributed by atoms with E-state index in [0.717, 1.165) is 6.42 Å². The molecule has 0 unspecified atom stereocenters. The molecule has 1 rings (SSSR count). The van der Waals surface area contributed by atoms with Crippen LogP contribution in [0.1, 0.15) is 19.8 Å². The van der Waals surface area contributed by atoms with Crippen molar-refractivity contribution in [3.8, 4) is 0 Å². The Morgan fingerprint density at radius 2 is 1.81 bits per heavy atom. The van der Waals surface area contributed by atoms with E-state index in [1.807, 2.05) is 6.92 Å². The lowest BCUT2D eigenvalue weighted by atomic mass is 10.3. The van der Waals surface area contributed by atoms with Crippen LogP contribution in [-0.4, -0.2) is 17.0 Å². The second-order valence-corrected chi connectivity index (χ2v) is 6.49. The molecular formula is C12H11Cl5N2O2. The average Bonchev–Trinajstić information content (AvgIpc) is 2.37. The van der Waals surface area contributed by atoms with Crippen molar-refractivity contribution >= 4 is 69.7 Å². The van der Waals surface area contributed by atoms with Crippen molar-refractivity contribution in [2.45, 2.75) is 24.2 Å². The Bertz CT molecular complexity index is 525. The summed E-state index contributed by atoms with van der Waals surface area (Å²) in [6.07, 6.45) is 1.56. The minimum Gasteiger partial charge on any atom is -0.462 e. The van der Waals surface area contributed by atoms with E-state index in [9.17, 15) is 4.79 Å². The molecule has 0 bridgehead atoms. The number of esters is 1. The third-order valence-electron chi connectivity index (χ3n) is 2.23. The molecule has 1 aromatic rings. The maximum absolute atomic E-state index is 11.7. The highest BCUT2D eigenvalue weighted by molar-refractivity contribution is 6.57. The number of unbranched alkanes of at least 4 members (excludes halogenated alkanes) is 1. The van der Waals surface area contributed by atoms with Crippen LogP contribution in [0, 0.1) is 0 Å². The van der Waals surface area contributed by atoms with Gasteiger partial charge in [-0.05, 0) is 18.6 Å². The van der Waals surface area contributed by atoms with E-state index in [0.29, 0.717) is 11.4 Å². The van der Waals surface area contributed by atoms with Gasteiger partial charge in [-0.15, -0.1) is 10.2 Å². The van der Waals surface area contributed by atoms with Crippen LogP contribution in [0.25, 0.3) is 0 Å². The fourth-order valence-electron chi connectivity index (χ4n) is 1.18. The van der Waals surface area contributed by atoms with Crippen molar-refractivity contribution in [2.75, 3.05) is 6.61 Å². The second kappa shape index (κ2) is 8.39. The molecule has 21 heavy (non-hydrogen) atoms. The molecule has 0 spiro atoms. The molecule has 0 heterocycles. The Morgan fingerprint density at radius 1 is 1.24 bits per heavy atom. The van der Waals surface area contributed by atoms with Gasteiger partial charge in [0, 0.05) is 5.02 Å². The molecule has 116 valence electrons. The van der Waals surface area contributed by atoms with Crippen molar-refractivity contribution in [3.63, 3.8) is 0 Å². The number of azo groups is 1. The van der Waals surface area contributed by atoms with Gasteiger partial charge in [0.1, 0.15) is 5.69 Å². The Balaban J connectivity index is 2.85. The number of carbonyl (C=O) groups is 1. The Hall–Kier alpha value is -0.260. The predicted octanol–water partition coefficient (Wildman–Crippen LogP) is 6.21. The number of nitrogens with zero attached hydrogens (tertiary/aromatic N) is 2. The highest BCUT2D eigenvalue weighted by atomic mass is 35.5.